The fourth-order valence-electron chi connectivity index (χ4n) is 3.03. The number of nitrogens with one attached hydrogen (secondary N) is 1. The number of hydrogen-bond acceptors (Lipinski definition) is 4. The van der Waals surface area contributed by atoms with Gasteiger partial charge in [-0.2, -0.15) is 0 Å². The van der Waals surface area contributed by atoms with Gasteiger partial charge in [0, 0.05) is 27.7 Å². The first-order valence-corrected chi connectivity index (χ1v) is 8.30. The van der Waals surface area contributed by atoms with E-state index in [0.29, 0.717) is 13.2 Å². The number of likely N-dealkylation sites (N-methyl/N-ethyl adjacent to an activating group) is 1. The Morgan fingerprint density at radius 3 is 2.79 bits per heavy atom. The van der Waals surface area contributed by atoms with E-state index in [1.807, 2.05) is 29.2 Å². The van der Waals surface area contributed by atoms with Crippen LogP contribution in [0.5, 0.6) is 0 Å². The van der Waals surface area contributed by atoms with Crippen LogP contribution in [0.25, 0.3) is 0 Å². The largest absolute Gasteiger partial charge is 0.380 e. The van der Waals surface area contributed by atoms with Gasteiger partial charge in [0.05, 0.1) is 19.2 Å². The van der Waals surface area contributed by atoms with Gasteiger partial charge in [-0.1, -0.05) is 24.3 Å². The summed E-state index contributed by atoms with van der Waals surface area (Å²) in [5.41, 5.74) is 2.13. The minimum absolute atomic E-state index is 0.0504. The summed E-state index contributed by atoms with van der Waals surface area (Å²) < 4.78 is 5.12. The van der Waals surface area contributed by atoms with Crippen LogP contribution in [-0.2, 0) is 27.5 Å². The van der Waals surface area contributed by atoms with Gasteiger partial charge in [0.2, 0.25) is 11.8 Å². The molecule has 1 unspecified atom stereocenters. The molecule has 1 aromatic carbocycles. The van der Waals surface area contributed by atoms with Crippen molar-refractivity contribution in [1.82, 2.24) is 15.1 Å². The molecule has 0 spiro atoms. The number of rotatable bonds is 7. The highest BCUT2D eigenvalue weighted by Crippen LogP contribution is 2.18. The van der Waals surface area contributed by atoms with E-state index in [1.54, 1.807) is 26.1 Å². The lowest BCUT2D eigenvalue weighted by Gasteiger charge is -2.25. The molecule has 1 saturated heterocycles. The third-order valence-electron chi connectivity index (χ3n) is 4.23. The molecule has 0 aromatic heterocycles. The van der Waals surface area contributed by atoms with Crippen LogP contribution in [0.2, 0.25) is 0 Å². The first kappa shape index (κ1) is 18.4. The molecular formula is C18H27N3O3. The van der Waals surface area contributed by atoms with Gasteiger partial charge >= 0.3 is 0 Å². The molecular weight excluding hydrogens is 306 g/mol. The number of likely N-dealkylation sites (tertiary alicyclic amines) is 1. The van der Waals surface area contributed by atoms with Crippen molar-refractivity contribution in [1.29, 1.82) is 0 Å². The summed E-state index contributed by atoms with van der Waals surface area (Å²) >= 11 is 0. The number of carbonyl (C=O) groups excluding carboxylic acids is 2. The molecule has 6 heteroatoms. The second-order valence-corrected chi connectivity index (χ2v) is 6.39. The van der Waals surface area contributed by atoms with E-state index in [0.717, 1.165) is 30.5 Å². The molecule has 0 bridgehead atoms. The molecule has 1 N–H and O–H groups in total. The Kier molecular flexibility index (Phi) is 6.75. The fraction of sp³-hybridized carbons (Fsp3) is 0.556. The Labute approximate surface area is 143 Å². The average molecular weight is 333 g/mol. The summed E-state index contributed by atoms with van der Waals surface area (Å²) in [6.45, 7) is 2.10. The van der Waals surface area contributed by atoms with Crippen LogP contribution < -0.4 is 5.32 Å². The number of hydrogen-bond donors (Lipinski definition) is 1. The molecule has 0 aliphatic carbocycles. The molecule has 1 heterocycles. The van der Waals surface area contributed by atoms with E-state index >= 15 is 0 Å². The van der Waals surface area contributed by atoms with Crippen LogP contribution in [0.1, 0.15) is 24.0 Å². The zero-order valence-electron chi connectivity index (χ0n) is 14.7. The Hall–Kier alpha value is -1.92. The third-order valence-corrected chi connectivity index (χ3v) is 4.23. The molecule has 1 aromatic rings. The monoisotopic (exact) mass is 333 g/mol. The van der Waals surface area contributed by atoms with Crippen molar-refractivity contribution in [3.63, 3.8) is 0 Å². The normalized spacial score (nSPS) is 17.7. The second kappa shape index (κ2) is 8.80. The average Bonchev–Trinajstić information content (AvgIpc) is 3.01. The van der Waals surface area contributed by atoms with Crippen LogP contribution in [0.3, 0.4) is 0 Å². The maximum absolute atomic E-state index is 12.2. The van der Waals surface area contributed by atoms with Crippen molar-refractivity contribution < 1.29 is 14.3 Å². The summed E-state index contributed by atoms with van der Waals surface area (Å²) in [6.07, 6.45) is 1.78. The summed E-state index contributed by atoms with van der Waals surface area (Å²) in [6, 6.07) is 7.79. The van der Waals surface area contributed by atoms with Gasteiger partial charge in [-0.05, 0) is 30.5 Å². The predicted molar refractivity (Wildman–Crippen MR) is 92.3 cm³/mol. The van der Waals surface area contributed by atoms with E-state index < -0.39 is 0 Å². The lowest BCUT2D eigenvalue weighted by atomic mass is 10.1. The van der Waals surface area contributed by atoms with E-state index in [9.17, 15) is 9.59 Å². The Morgan fingerprint density at radius 2 is 2.08 bits per heavy atom. The van der Waals surface area contributed by atoms with Crippen LogP contribution in [0.15, 0.2) is 24.3 Å². The first-order chi connectivity index (χ1) is 11.5. The summed E-state index contributed by atoms with van der Waals surface area (Å²) in [5, 5.41) is 2.94. The number of amides is 2. The Bertz CT molecular complexity index is 574. The van der Waals surface area contributed by atoms with Gasteiger partial charge in [-0.15, -0.1) is 0 Å². The SMILES string of the molecule is COCc1cccc(CNC(=O)CN2CCCC2C(=O)N(C)C)c1. The van der Waals surface area contributed by atoms with E-state index in [1.165, 1.54) is 0 Å². The van der Waals surface area contributed by atoms with Crippen LogP contribution >= 0.6 is 0 Å². The lowest BCUT2D eigenvalue weighted by Crippen LogP contribution is -2.46. The number of nitrogens with zero attached hydrogens (tertiary/aromatic N) is 2. The molecule has 0 saturated carbocycles. The van der Waals surface area contributed by atoms with E-state index in [2.05, 4.69) is 5.32 Å². The van der Waals surface area contributed by atoms with Crippen LogP contribution in [-0.4, -0.2) is 62.0 Å². The van der Waals surface area contributed by atoms with E-state index in [-0.39, 0.29) is 24.4 Å². The zero-order valence-corrected chi connectivity index (χ0v) is 14.7. The smallest absolute Gasteiger partial charge is 0.239 e. The van der Waals surface area contributed by atoms with Gasteiger partial charge in [0.1, 0.15) is 0 Å². The molecule has 1 atom stereocenters. The predicted octanol–water partition coefficient (Wildman–Crippen LogP) is 1.00. The number of carbonyl (C=O) groups is 2. The first-order valence-electron chi connectivity index (χ1n) is 8.30. The van der Waals surface area contributed by atoms with Gasteiger partial charge in [0.25, 0.3) is 0 Å². The molecule has 1 aliphatic heterocycles. The molecule has 1 fully saturated rings. The van der Waals surface area contributed by atoms with Crippen molar-refractivity contribution in [2.75, 3.05) is 34.3 Å². The van der Waals surface area contributed by atoms with Crippen LogP contribution in [0.4, 0.5) is 0 Å². The van der Waals surface area contributed by atoms with Crippen molar-refractivity contribution in [2.45, 2.75) is 32.0 Å². The van der Waals surface area contributed by atoms with Crippen molar-refractivity contribution in [3.05, 3.63) is 35.4 Å². The van der Waals surface area contributed by atoms with Gasteiger partial charge in [-0.25, -0.2) is 0 Å². The minimum atomic E-state index is -0.171. The highest BCUT2D eigenvalue weighted by atomic mass is 16.5. The molecule has 132 valence electrons. The standard InChI is InChI=1S/C18H27N3O3/c1-20(2)18(23)16-8-5-9-21(16)12-17(22)19-11-14-6-4-7-15(10-14)13-24-3/h4,6-7,10,16H,5,8-9,11-13H2,1-3H3,(H,19,22). The van der Waals surface area contributed by atoms with Crippen LogP contribution in [0, 0.1) is 0 Å². The number of benzene rings is 1. The number of methoxy groups -OCH3 is 1. The highest BCUT2D eigenvalue weighted by molar-refractivity contribution is 5.83. The zero-order chi connectivity index (χ0) is 17.5. The van der Waals surface area contributed by atoms with E-state index in [4.69, 9.17) is 4.74 Å². The third kappa shape index (κ3) is 5.04. The second-order valence-electron chi connectivity index (χ2n) is 6.39. The number of ether oxygens (including phenoxy) is 1. The fourth-order valence-corrected chi connectivity index (χ4v) is 3.03. The summed E-state index contributed by atoms with van der Waals surface area (Å²) in [7, 11) is 5.17. The lowest BCUT2D eigenvalue weighted by molar-refractivity contribution is -0.134. The maximum Gasteiger partial charge on any atom is 0.239 e. The minimum Gasteiger partial charge on any atom is -0.380 e. The molecule has 2 amide bonds. The molecule has 1 aliphatic rings. The Morgan fingerprint density at radius 1 is 1.33 bits per heavy atom. The maximum atomic E-state index is 12.2. The van der Waals surface area contributed by atoms with Crippen molar-refractivity contribution in [2.24, 2.45) is 0 Å². The molecule has 2 rings (SSSR count). The topological polar surface area (TPSA) is 61.9 Å². The quantitative estimate of drug-likeness (QED) is 0.809. The summed E-state index contributed by atoms with van der Waals surface area (Å²) in [5.74, 6) is 0.0261. The van der Waals surface area contributed by atoms with Gasteiger partial charge < -0.3 is 15.0 Å². The molecule has 0 radical (unpaired) electrons. The van der Waals surface area contributed by atoms with Gasteiger partial charge in [0.15, 0.2) is 0 Å². The van der Waals surface area contributed by atoms with Crippen molar-refractivity contribution in [3.8, 4) is 0 Å². The highest BCUT2D eigenvalue weighted by Gasteiger charge is 2.32. The van der Waals surface area contributed by atoms with Gasteiger partial charge in [-0.3, -0.25) is 14.5 Å². The molecule has 6 nitrogen and oxygen atoms in total. The molecule has 24 heavy (non-hydrogen) atoms. The van der Waals surface area contributed by atoms with Crippen molar-refractivity contribution >= 4 is 11.8 Å². The summed E-state index contributed by atoms with van der Waals surface area (Å²) in [4.78, 5) is 27.9. The Balaban J connectivity index is 1.84.